The van der Waals surface area contributed by atoms with Crippen molar-refractivity contribution in [2.45, 2.75) is 25.4 Å². The molecule has 0 saturated heterocycles. The molecule has 1 fully saturated rings. The van der Waals surface area contributed by atoms with Crippen LogP contribution < -0.4 is 5.01 Å². The molecule has 1 heterocycles. The Labute approximate surface area is 126 Å². The molecule has 3 rings (SSSR count). The number of amidine groups is 1. The SMILES string of the molecule is O=CN(CC1CC1)C1=NN(c2cccc(C(F)(F)F)c2)CC1. The third kappa shape index (κ3) is 3.23. The van der Waals surface area contributed by atoms with Crippen LogP contribution in [0, 0.1) is 5.92 Å². The molecule has 1 saturated carbocycles. The molecule has 7 heteroatoms. The first-order chi connectivity index (χ1) is 10.5. The van der Waals surface area contributed by atoms with Crippen LogP contribution in [0.3, 0.4) is 0 Å². The zero-order valence-corrected chi connectivity index (χ0v) is 11.9. The maximum Gasteiger partial charge on any atom is 0.416 e. The predicted octanol–water partition coefficient (Wildman–Crippen LogP) is 3.10. The molecule has 2 aliphatic rings. The Morgan fingerprint density at radius 3 is 2.77 bits per heavy atom. The Morgan fingerprint density at radius 1 is 1.36 bits per heavy atom. The van der Waals surface area contributed by atoms with Crippen molar-refractivity contribution in [3.63, 3.8) is 0 Å². The lowest BCUT2D eigenvalue weighted by Crippen LogP contribution is -2.30. The Bertz CT molecular complexity index is 596. The maximum atomic E-state index is 12.8. The van der Waals surface area contributed by atoms with Crippen molar-refractivity contribution in [2.75, 3.05) is 18.1 Å². The van der Waals surface area contributed by atoms with Gasteiger partial charge in [0.1, 0.15) is 5.84 Å². The highest BCUT2D eigenvalue weighted by atomic mass is 19.4. The van der Waals surface area contributed by atoms with Gasteiger partial charge in [-0.2, -0.15) is 18.3 Å². The van der Waals surface area contributed by atoms with Crippen molar-refractivity contribution in [2.24, 2.45) is 11.0 Å². The minimum Gasteiger partial charge on any atom is -0.301 e. The number of carbonyl (C=O) groups excluding carboxylic acids is 1. The lowest BCUT2D eigenvalue weighted by Gasteiger charge is -2.17. The standard InChI is InChI=1S/C15H16F3N3O/c16-15(17,18)12-2-1-3-13(8-12)21-7-6-14(19-21)20(10-22)9-11-4-5-11/h1-3,8,10-11H,4-7,9H2. The zero-order chi connectivity index (χ0) is 15.7. The second kappa shape index (κ2) is 5.62. The van der Waals surface area contributed by atoms with E-state index in [9.17, 15) is 18.0 Å². The quantitative estimate of drug-likeness (QED) is 0.801. The molecule has 0 spiro atoms. The van der Waals surface area contributed by atoms with E-state index in [0.29, 0.717) is 37.0 Å². The monoisotopic (exact) mass is 311 g/mol. The van der Waals surface area contributed by atoms with Crippen LogP contribution in [-0.2, 0) is 11.0 Å². The molecule has 0 N–H and O–H groups in total. The summed E-state index contributed by atoms with van der Waals surface area (Å²) in [5, 5.41) is 5.83. The lowest BCUT2D eigenvalue weighted by molar-refractivity contribution is -0.137. The van der Waals surface area contributed by atoms with Gasteiger partial charge in [-0.25, -0.2) is 0 Å². The number of hydrogen-bond acceptors (Lipinski definition) is 3. The smallest absolute Gasteiger partial charge is 0.301 e. The van der Waals surface area contributed by atoms with E-state index in [1.165, 1.54) is 11.1 Å². The van der Waals surface area contributed by atoms with E-state index in [4.69, 9.17) is 0 Å². The van der Waals surface area contributed by atoms with E-state index in [1.807, 2.05) is 0 Å². The topological polar surface area (TPSA) is 35.9 Å². The van der Waals surface area contributed by atoms with Crippen LogP contribution in [0.2, 0.25) is 0 Å². The normalized spacial score (nSPS) is 18.3. The fraction of sp³-hybridized carbons (Fsp3) is 0.467. The fourth-order valence-corrected chi connectivity index (χ4v) is 2.46. The van der Waals surface area contributed by atoms with Gasteiger partial charge in [-0.15, -0.1) is 0 Å². The molecule has 0 atom stereocenters. The molecule has 1 aliphatic carbocycles. The minimum absolute atomic E-state index is 0.391. The number of hydrazone groups is 1. The van der Waals surface area contributed by atoms with Crippen molar-refractivity contribution in [3.05, 3.63) is 29.8 Å². The molecule has 0 unspecified atom stereocenters. The van der Waals surface area contributed by atoms with Crippen molar-refractivity contribution in [1.82, 2.24) is 4.90 Å². The van der Waals surface area contributed by atoms with Gasteiger partial charge in [0.05, 0.1) is 11.3 Å². The Balaban J connectivity index is 1.77. The summed E-state index contributed by atoms with van der Waals surface area (Å²) >= 11 is 0. The summed E-state index contributed by atoms with van der Waals surface area (Å²) in [6.45, 7) is 1.13. The maximum absolute atomic E-state index is 12.8. The number of amides is 1. The van der Waals surface area contributed by atoms with Crippen molar-refractivity contribution < 1.29 is 18.0 Å². The molecule has 0 radical (unpaired) electrons. The highest BCUT2D eigenvalue weighted by molar-refractivity contribution is 5.93. The van der Waals surface area contributed by atoms with Gasteiger partial charge in [0.25, 0.3) is 0 Å². The summed E-state index contributed by atoms with van der Waals surface area (Å²) < 4.78 is 38.3. The Kier molecular flexibility index (Phi) is 3.80. The lowest BCUT2D eigenvalue weighted by atomic mass is 10.2. The zero-order valence-electron chi connectivity index (χ0n) is 11.9. The predicted molar refractivity (Wildman–Crippen MR) is 76.3 cm³/mol. The van der Waals surface area contributed by atoms with Gasteiger partial charge >= 0.3 is 6.18 Å². The largest absolute Gasteiger partial charge is 0.416 e. The summed E-state index contributed by atoms with van der Waals surface area (Å²) in [4.78, 5) is 12.7. The summed E-state index contributed by atoms with van der Waals surface area (Å²) in [6.07, 6.45) is -0.818. The number of carbonyl (C=O) groups is 1. The van der Waals surface area contributed by atoms with Crippen LogP contribution >= 0.6 is 0 Å². The molecule has 1 amide bonds. The average molecular weight is 311 g/mol. The third-order valence-corrected chi connectivity index (χ3v) is 3.87. The molecule has 118 valence electrons. The summed E-state index contributed by atoms with van der Waals surface area (Å²) in [6, 6.07) is 5.08. The second-order valence-electron chi connectivity index (χ2n) is 5.64. The van der Waals surface area contributed by atoms with Crippen molar-refractivity contribution in [3.8, 4) is 0 Å². The van der Waals surface area contributed by atoms with Gasteiger partial charge in [-0.3, -0.25) is 9.80 Å². The number of rotatable bonds is 4. The molecule has 1 aromatic rings. The number of anilines is 1. The van der Waals surface area contributed by atoms with Gasteiger partial charge in [0.2, 0.25) is 6.41 Å². The van der Waals surface area contributed by atoms with Gasteiger partial charge in [0, 0.05) is 19.5 Å². The third-order valence-electron chi connectivity index (χ3n) is 3.87. The summed E-state index contributed by atoms with van der Waals surface area (Å²) in [5.74, 6) is 1.16. The first-order valence-corrected chi connectivity index (χ1v) is 7.21. The van der Waals surface area contributed by atoms with Gasteiger partial charge in [-0.1, -0.05) is 6.07 Å². The molecule has 0 bridgehead atoms. The first kappa shape index (κ1) is 14.9. The molecule has 1 aliphatic heterocycles. The average Bonchev–Trinajstić information content (AvgIpc) is 3.18. The van der Waals surface area contributed by atoms with E-state index in [0.717, 1.165) is 31.4 Å². The van der Waals surface area contributed by atoms with Crippen molar-refractivity contribution >= 4 is 17.9 Å². The van der Waals surface area contributed by atoms with E-state index in [-0.39, 0.29) is 0 Å². The van der Waals surface area contributed by atoms with E-state index in [2.05, 4.69) is 5.10 Å². The van der Waals surface area contributed by atoms with Crippen LogP contribution in [0.25, 0.3) is 0 Å². The Morgan fingerprint density at radius 2 is 2.14 bits per heavy atom. The fourth-order valence-electron chi connectivity index (χ4n) is 2.46. The van der Waals surface area contributed by atoms with Crippen molar-refractivity contribution in [1.29, 1.82) is 0 Å². The molecular formula is C15H16F3N3O. The number of halogens is 3. The highest BCUT2D eigenvalue weighted by Gasteiger charge is 2.32. The summed E-state index contributed by atoms with van der Waals surface area (Å²) in [5.41, 5.74) is -0.305. The second-order valence-corrected chi connectivity index (χ2v) is 5.64. The molecule has 0 aromatic heterocycles. The minimum atomic E-state index is -4.37. The molecule has 4 nitrogen and oxygen atoms in total. The number of benzene rings is 1. The van der Waals surface area contributed by atoms with Crippen LogP contribution in [0.5, 0.6) is 0 Å². The number of nitrogens with zero attached hydrogens (tertiary/aromatic N) is 3. The number of hydrogen-bond donors (Lipinski definition) is 0. The Hall–Kier alpha value is -2.05. The van der Waals surface area contributed by atoms with Crippen LogP contribution in [0.15, 0.2) is 29.4 Å². The van der Waals surface area contributed by atoms with E-state index in [1.54, 1.807) is 11.0 Å². The molecule has 1 aromatic carbocycles. The van der Waals surface area contributed by atoms with E-state index >= 15 is 0 Å². The van der Waals surface area contributed by atoms with E-state index < -0.39 is 11.7 Å². The highest BCUT2D eigenvalue weighted by Crippen LogP contribution is 2.33. The van der Waals surface area contributed by atoms with Gasteiger partial charge in [0.15, 0.2) is 0 Å². The van der Waals surface area contributed by atoms with Crippen LogP contribution in [0.4, 0.5) is 18.9 Å². The van der Waals surface area contributed by atoms with Crippen LogP contribution in [-0.4, -0.2) is 30.2 Å². The molecule has 22 heavy (non-hydrogen) atoms. The summed E-state index contributed by atoms with van der Waals surface area (Å²) in [7, 11) is 0. The first-order valence-electron chi connectivity index (χ1n) is 7.21. The number of alkyl halides is 3. The van der Waals surface area contributed by atoms with Gasteiger partial charge < -0.3 is 4.90 Å². The van der Waals surface area contributed by atoms with Crippen LogP contribution in [0.1, 0.15) is 24.8 Å². The molecular weight excluding hydrogens is 295 g/mol. The van der Waals surface area contributed by atoms with Gasteiger partial charge in [-0.05, 0) is 37.0 Å².